The number of anilines is 1. The predicted octanol–water partition coefficient (Wildman–Crippen LogP) is 3.23. The highest BCUT2D eigenvalue weighted by atomic mass is 19.1. The van der Waals surface area contributed by atoms with Crippen molar-refractivity contribution in [3.05, 3.63) is 53.2 Å². The van der Waals surface area contributed by atoms with Crippen molar-refractivity contribution in [2.75, 3.05) is 18.0 Å². The maximum Gasteiger partial charge on any atom is 0.146 e. The fourth-order valence-electron chi connectivity index (χ4n) is 3.06. The maximum atomic E-state index is 14.4. The quantitative estimate of drug-likeness (QED) is 0.853. The van der Waals surface area contributed by atoms with Crippen LogP contribution in [-0.4, -0.2) is 24.3 Å². The van der Waals surface area contributed by atoms with E-state index in [1.54, 1.807) is 6.07 Å². The smallest absolute Gasteiger partial charge is 0.146 e. The van der Waals surface area contributed by atoms with Gasteiger partial charge in [-0.3, -0.25) is 0 Å². The number of aliphatic hydroxyl groups excluding tert-OH is 1. The van der Waals surface area contributed by atoms with E-state index in [1.165, 1.54) is 0 Å². The molecule has 4 nitrogen and oxygen atoms in total. The third kappa shape index (κ3) is 4.16. The Bertz CT molecular complexity index is 663. The zero-order valence-electron chi connectivity index (χ0n) is 14.1. The topological polar surface area (TPSA) is 48.6 Å². The monoisotopic (exact) mass is 332 g/mol. The van der Waals surface area contributed by atoms with Gasteiger partial charge in [0.1, 0.15) is 17.3 Å². The molecule has 0 atom stereocenters. The molecule has 1 fully saturated rings. The molecule has 1 aliphatic heterocycles. The van der Waals surface area contributed by atoms with Gasteiger partial charge in [-0.05, 0) is 42.7 Å². The molecule has 130 valence electrons. The Balaban J connectivity index is 1.54. The van der Waals surface area contributed by atoms with Gasteiger partial charge in [0.05, 0.1) is 18.3 Å². The van der Waals surface area contributed by atoms with E-state index in [2.05, 4.69) is 12.2 Å². The number of nitrogens with zero attached hydrogens (tertiary/aromatic N) is 1. The van der Waals surface area contributed by atoms with E-state index in [0.29, 0.717) is 44.7 Å². The van der Waals surface area contributed by atoms with Crippen molar-refractivity contribution in [1.82, 2.24) is 5.32 Å². The zero-order chi connectivity index (χ0) is 16.9. The molecule has 0 bridgehead atoms. The summed E-state index contributed by atoms with van der Waals surface area (Å²) in [4.78, 5) is 2.01. The van der Waals surface area contributed by atoms with Crippen LogP contribution in [0.4, 0.5) is 10.1 Å². The molecule has 2 N–H and O–H groups in total. The van der Waals surface area contributed by atoms with Crippen LogP contribution >= 0.6 is 0 Å². The van der Waals surface area contributed by atoms with Crippen LogP contribution in [0.3, 0.4) is 0 Å². The van der Waals surface area contributed by atoms with Gasteiger partial charge < -0.3 is 19.7 Å². The average molecular weight is 332 g/mol. The molecule has 2 aromatic rings. The van der Waals surface area contributed by atoms with Crippen LogP contribution in [0.25, 0.3) is 0 Å². The van der Waals surface area contributed by atoms with Crippen LogP contribution in [0, 0.1) is 5.82 Å². The number of hydrogen-bond acceptors (Lipinski definition) is 4. The van der Waals surface area contributed by atoms with Crippen molar-refractivity contribution in [2.45, 2.75) is 45.4 Å². The molecule has 2 heterocycles. The van der Waals surface area contributed by atoms with Gasteiger partial charge in [-0.25, -0.2) is 4.39 Å². The molecular weight excluding hydrogens is 307 g/mol. The summed E-state index contributed by atoms with van der Waals surface area (Å²) in [5.74, 6) is 1.68. The molecule has 1 aliphatic rings. The lowest BCUT2D eigenvalue weighted by molar-refractivity contribution is 0.145. The largest absolute Gasteiger partial charge is 0.465 e. The van der Waals surface area contributed by atoms with Crippen molar-refractivity contribution in [1.29, 1.82) is 0 Å². The van der Waals surface area contributed by atoms with Crippen molar-refractivity contribution in [3.8, 4) is 0 Å². The lowest BCUT2D eigenvalue weighted by Gasteiger charge is -2.31. The van der Waals surface area contributed by atoms with E-state index in [1.807, 2.05) is 29.2 Å². The lowest BCUT2D eigenvalue weighted by atomic mass is 10.1. The Labute approximate surface area is 142 Å². The molecule has 0 unspecified atom stereocenters. The molecule has 1 saturated heterocycles. The van der Waals surface area contributed by atoms with Gasteiger partial charge in [-0.2, -0.15) is 0 Å². The zero-order valence-corrected chi connectivity index (χ0v) is 14.1. The SMILES string of the molecule is CCc1ccc(CNCc2ccc(N3CCC(O)CC3)c(F)c2)o1. The molecule has 0 saturated carbocycles. The molecule has 0 spiro atoms. The summed E-state index contributed by atoms with van der Waals surface area (Å²) in [6.07, 6.45) is 2.04. The Hall–Kier alpha value is -1.85. The highest BCUT2D eigenvalue weighted by Crippen LogP contribution is 2.24. The first-order chi connectivity index (χ1) is 11.7. The summed E-state index contributed by atoms with van der Waals surface area (Å²) in [6.45, 7) is 4.69. The predicted molar refractivity (Wildman–Crippen MR) is 92.5 cm³/mol. The van der Waals surface area contributed by atoms with Crippen molar-refractivity contribution in [3.63, 3.8) is 0 Å². The van der Waals surface area contributed by atoms with Crippen molar-refractivity contribution in [2.24, 2.45) is 0 Å². The van der Waals surface area contributed by atoms with Gasteiger partial charge in [0, 0.05) is 26.1 Å². The number of piperidine rings is 1. The summed E-state index contributed by atoms with van der Waals surface area (Å²) in [5, 5.41) is 12.8. The first kappa shape index (κ1) is 17.0. The summed E-state index contributed by atoms with van der Waals surface area (Å²) >= 11 is 0. The second-order valence-corrected chi connectivity index (χ2v) is 6.33. The number of aliphatic hydroxyl groups is 1. The number of aryl methyl sites for hydroxylation is 1. The molecule has 0 amide bonds. The minimum Gasteiger partial charge on any atom is -0.465 e. The molecule has 0 aliphatic carbocycles. The highest BCUT2D eigenvalue weighted by Gasteiger charge is 2.19. The highest BCUT2D eigenvalue weighted by molar-refractivity contribution is 5.49. The van der Waals surface area contributed by atoms with E-state index in [-0.39, 0.29) is 11.9 Å². The summed E-state index contributed by atoms with van der Waals surface area (Å²) < 4.78 is 20.0. The van der Waals surface area contributed by atoms with E-state index in [4.69, 9.17) is 4.42 Å². The fraction of sp³-hybridized carbons (Fsp3) is 0.474. The number of halogens is 1. The Morgan fingerprint density at radius 1 is 1.17 bits per heavy atom. The summed E-state index contributed by atoms with van der Waals surface area (Å²) in [6, 6.07) is 9.34. The third-order valence-electron chi connectivity index (χ3n) is 4.51. The molecule has 0 radical (unpaired) electrons. The first-order valence-electron chi connectivity index (χ1n) is 8.65. The maximum absolute atomic E-state index is 14.4. The van der Waals surface area contributed by atoms with Gasteiger partial charge in [0.25, 0.3) is 0 Å². The number of hydrogen-bond donors (Lipinski definition) is 2. The normalized spacial score (nSPS) is 15.9. The molecule has 5 heteroatoms. The van der Waals surface area contributed by atoms with Crippen LogP contribution in [0.15, 0.2) is 34.7 Å². The second-order valence-electron chi connectivity index (χ2n) is 6.33. The third-order valence-corrected chi connectivity index (χ3v) is 4.51. The number of furan rings is 1. The van der Waals surface area contributed by atoms with Gasteiger partial charge in [0.2, 0.25) is 0 Å². The van der Waals surface area contributed by atoms with Crippen LogP contribution < -0.4 is 10.2 Å². The first-order valence-corrected chi connectivity index (χ1v) is 8.65. The fourth-order valence-corrected chi connectivity index (χ4v) is 3.06. The Morgan fingerprint density at radius 2 is 1.92 bits per heavy atom. The van der Waals surface area contributed by atoms with E-state index >= 15 is 0 Å². The number of nitrogens with one attached hydrogen (secondary N) is 1. The minimum absolute atomic E-state index is 0.197. The molecule has 3 rings (SSSR count). The Kier molecular flexibility index (Phi) is 5.53. The van der Waals surface area contributed by atoms with Crippen LogP contribution in [0.5, 0.6) is 0 Å². The molecule has 1 aromatic heterocycles. The molecule has 1 aromatic carbocycles. The number of rotatable bonds is 6. The minimum atomic E-state index is -0.248. The second kappa shape index (κ2) is 7.81. The van der Waals surface area contributed by atoms with E-state index in [9.17, 15) is 9.50 Å². The summed E-state index contributed by atoms with van der Waals surface area (Å²) in [7, 11) is 0. The average Bonchev–Trinajstić information content (AvgIpc) is 3.04. The Morgan fingerprint density at radius 3 is 2.58 bits per heavy atom. The molecular formula is C19H25FN2O2. The standard InChI is InChI=1S/C19H25FN2O2/c1-2-16-4-5-17(24-16)13-21-12-14-3-6-19(18(20)11-14)22-9-7-15(23)8-10-22/h3-6,11,15,21,23H,2,7-10,12-13H2,1H3. The van der Waals surface area contributed by atoms with Crippen LogP contribution in [0.1, 0.15) is 36.8 Å². The van der Waals surface area contributed by atoms with Gasteiger partial charge >= 0.3 is 0 Å². The van der Waals surface area contributed by atoms with Crippen LogP contribution in [-0.2, 0) is 19.5 Å². The van der Waals surface area contributed by atoms with Gasteiger partial charge in [-0.1, -0.05) is 13.0 Å². The van der Waals surface area contributed by atoms with Gasteiger partial charge in [-0.15, -0.1) is 0 Å². The molecule has 24 heavy (non-hydrogen) atoms. The van der Waals surface area contributed by atoms with Crippen LogP contribution in [0.2, 0.25) is 0 Å². The number of benzene rings is 1. The van der Waals surface area contributed by atoms with Crippen molar-refractivity contribution < 1.29 is 13.9 Å². The van der Waals surface area contributed by atoms with E-state index in [0.717, 1.165) is 23.5 Å². The van der Waals surface area contributed by atoms with Gasteiger partial charge in [0.15, 0.2) is 0 Å². The summed E-state index contributed by atoms with van der Waals surface area (Å²) in [5.41, 5.74) is 1.54. The van der Waals surface area contributed by atoms with E-state index < -0.39 is 0 Å². The lowest BCUT2D eigenvalue weighted by Crippen LogP contribution is -2.36. The van der Waals surface area contributed by atoms with Crippen molar-refractivity contribution >= 4 is 5.69 Å².